The van der Waals surface area contributed by atoms with Crippen molar-refractivity contribution in [1.82, 2.24) is 0 Å². The summed E-state index contributed by atoms with van der Waals surface area (Å²) >= 11 is 0. The molecule has 2 amide bonds. The van der Waals surface area contributed by atoms with Crippen LogP contribution in [0.3, 0.4) is 0 Å². The highest BCUT2D eigenvalue weighted by Crippen LogP contribution is 2.21. The highest BCUT2D eigenvalue weighted by atomic mass is 16.2. The number of carbonyl (C=O) groups is 2. The van der Waals surface area contributed by atoms with E-state index < -0.39 is 0 Å². The van der Waals surface area contributed by atoms with E-state index in [1.54, 1.807) is 41.3 Å². The molecule has 4 nitrogen and oxygen atoms in total. The number of nitrogens with zero attached hydrogens (tertiary/aromatic N) is 1. The van der Waals surface area contributed by atoms with Crippen LogP contribution in [0.4, 0.5) is 11.4 Å². The summed E-state index contributed by atoms with van der Waals surface area (Å²) in [5.41, 5.74) is 4.65. The molecule has 4 heteroatoms. The molecule has 4 rings (SSSR count). The summed E-state index contributed by atoms with van der Waals surface area (Å²) in [7, 11) is 0. The van der Waals surface area contributed by atoms with Crippen LogP contribution in [0.1, 0.15) is 27.6 Å². The Morgan fingerprint density at radius 3 is 1.97 bits per heavy atom. The van der Waals surface area contributed by atoms with Gasteiger partial charge in [0.15, 0.2) is 0 Å². The Bertz CT molecular complexity index is 1200. The maximum atomic E-state index is 13.1. The minimum Gasteiger partial charge on any atom is -0.322 e. The van der Waals surface area contributed by atoms with Crippen LogP contribution in [-0.4, -0.2) is 18.4 Å². The van der Waals surface area contributed by atoms with Gasteiger partial charge in [0.25, 0.3) is 11.8 Å². The summed E-state index contributed by atoms with van der Waals surface area (Å²) in [6.07, 6.45) is 0. The van der Waals surface area contributed by atoms with Gasteiger partial charge in [0.1, 0.15) is 0 Å². The molecule has 1 N–H and O–H groups in total. The molecule has 32 heavy (non-hydrogen) atoms. The van der Waals surface area contributed by atoms with E-state index in [2.05, 4.69) is 5.32 Å². The molecule has 0 radical (unpaired) electrons. The van der Waals surface area contributed by atoms with Crippen LogP contribution in [-0.2, 0) is 0 Å². The molecule has 0 aromatic heterocycles. The Balaban J connectivity index is 1.49. The lowest BCUT2D eigenvalue weighted by Crippen LogP contribution is -2.30. The first-order valence-corrected chi connectivity index (χ1v) is 10.6. The number of rotatable bonds is 6. The van der Waals surface area contributed by atoms with Crippen molar-refractivity contribution in [3.05, 3.63) is 120 Å². The van der Waals surface area contributed by atoms with Crippen LogP contribution in [0, 0.1) is 0 Å². The van der Waals surface area contributed by atoms with Gasteiger partial charge in [-0.1, -0.05) is 66.7 Å². The molecular formula is C28H24N2O2. The third-order valence-corrected chi connectivity index (χ3v) is 5.25. The van der Waals surface area contributed by atoms with Crippen molar-refractivity contribution in [2.45, 2.75) is 6.92 Å². The first kappa shape index (κ1) is 21.1. The van der Waals surface area contributed by atoms with E-state index in [0.29, 0.717) is 23.4 Å². The van der Waals surface area contributed by atoms with Crippen molar-refractivity contribution in [2.24, 2.45) is 0 Å². The zero-order chi connectivity index (χ0) is 22.3. The summed E-state index contributed by atoms with van der Waals surface area (Å²) in [6, 6.07) is 34.1. The molecule has 0 saturated carbocycles. The number of anilines is 2. The average molecular weight is 421 g/mol. The van der Waals surface area contributed by atoms with Crippen molar-refractivity contribution in [3.8, 4) is 11.1 Å². The standard InChI is InChI=1S/C28H24N2O2/c1-2-30(26-14-7-4-8-15-26)28(32)24-12-9-13-25(20-24)29-27(31)23-18-16-22(17-19-23)21-10-5-3-6-11-21/h3-20H,2H2,1H3,(H,29,31). The van der Waals surface area contributed by atoms with Crippen LogP contribution < -0.4 is 10.2 Å². The Morgan fingerprint density at radius 1 is 0.688 bits per heavy atom. The van der Waals surface area contributed by atoms with E-state index >= 15 is 0 Å². The second kappa shape index (κ2) is 9.75. The molecule has 0 aliphatic carbocycles. The molecule has 0 fully saturated rings. The zero-order valence-electron chi connectivity index (χ0n) is 17.9. The highest BCUT2D eigenvalue weighted by molar-refractivity contribution is 6.08. The predicted molar refractivity (Wildman–Crippen MR) is 130 cm³/mol. The number of hydrogen-bond acceptors (Lipinski definition) is 2. The van der Waals surface area contributed by atoms with E-state index in [1.807, 2.05) is 79.7 Å². The number of nitrogens with one attached hydrogen (secondary N) is 1. The van der Waals surface area contributed by atoms with Gasteiger partial charge in [-0.3, -0.25) is 9.59 Å². The van der Waals surface area contributed by atoms with Crippen molar-refractivity contribution >= 4 is 23.2 Å². The van der Waals surface area contributed by atoms with Crippen molar-refractivity contribution in [3.63, 3.8) is 0 Å². The molecule has 0 heterocycles. The largest absolute Gasteiger partial charge is 0.322 e. The molecular weight excluding hydrogens is 396 g/mol. The number of benzene rings is 4. The van der Waals surface area contributed by atoms with E-state index in [1.165, 1.54) is 0 Å². The predicted octanol–water partition coefficient (Wildman–Crippen LogP) is 6.27. The fourth-order valence-electron chi connectivity index (χ4n) is 3.59. The van der Waals surface area contributed by atoms with Crippen LogP contribution in [0.2, 0.25) is 0 Å². The first-order valence-electron chi connectivity index (χ1n) is 10.6. The van der Waals surface area contributed by atoms with Gasteiger partial charge in [-0.2, -0.15) is 0 Å². The molecule has 0 aliphatic heterocycles. The normalized spacial score (nSPS) is 10.4. The summed E-state index contributed by atoms with van der Waals surface area (Å²) < 4.78 is 0. The minimum atomic E-state index is -0.218. The topological polar surface area (TPSA) is 49.4 Å². The number of para-hydroxylation sites is 1. The molecule has 0 spiro atoms. The lowest BCUT2D eigenvalue weighted by Gasteiger charge is -2.21. The Labute approximate surface area is 188 Å². The molecule has 0 bridgehead atoms. The van der Waals surface area contributed by atoms with Gasteiger partial charge in [0.05, 0.1) is 0 Å². The molecule has 4 aromatic carbocycles. The Kier molecular flexibility index (Phi) is 6.42. The van der Waals surface area contributed by atoms with Crippen molar-refractivity contribution < 1.29 is 9.59 Å². The second-order valence-corrected chi connectivity index (χ2v) is 7.36. The maximum Gasteiger partial charge on any atom is 0.258 e. The smallest absolute Gasteiger partial charge is 0.258 e. The van der Waals surface area contributed by atoms with Crippen molar-refractivity contribution in [1.29, 1.82) is 0 Å². The van der Waals surface area contributed by atoms with Gasteiger partial charge in [0.2, 0.25) is 0 Å². The SMILES string of the molecule is CCN(C(=O)c1cccc(NC(=O)c2ccc(-c3ccccc3)cc2)c1)c1ccccc1. The van der Waals surface area contributed by atoms with Crippen LogP contribution in [0.5, 0.6) is 0 Å². The van der Waals surface area contributed by atoms with Crippen LogP contribution >= 0.6 is 0 Å². The number of hydrogen-bond donors (Lipinski definition) is 1. The highest BCUT2D eigenvalue weighted by Gasteiger charge is 2.16. The Morgan fingerprint density at radius 2 is 1.31 bits per heavy atom. The van der Waals surface area contributed by atoms with Gasteiger partial charge < -0.3 is 10.2 Å². The lowest BCUT2D eigenvalue weighted by atomic mass is 10.0. The monoisotopic (exact) mass is 420 g/mol. The van der Waals surface area contributed by atoms with Crippen molar-refractivity contribution in [2.75, 3.05) is 16.8 Å². The minimum absolute atomic E-state index is 0.109. The second-order valence-electron chi connectivity index (χ2n) is 7.36. The summed E-state index contributed by atoms with van der Waals surface area (Å²) in [5, 5.41) is 2.90. The zero-order valence-corrected chi connectivity index (χ0v) is 17.9. The van der Waals surface area contributed by atoms with Gasteiger partial charge in [0, 0.05) is 29.0 Å². The van der Waals surface area contributed by atoms with E-state index in [0.717, 1.165) is 16.8 Å². The molecule has 0 atom stereocenters. The molecule has 158 valence electrons. The van der Waals surface area contributed by atoms with Crippen LogP contribution in [0.25, 0.3) is 11.1 Å². The summed E-state index contributed by atoms with van der Waals surface area (Å²) in [5.74, 6) is -0.327. The van der Waals surface area contributed by atoms with Gasteiger partial charge in [-0.15, -0.1) is 0 Å². The van der Waals surface area contributed by atoms with E-state index in [-0.39, 0.29) is 11.8 Å². The van der Waals surface area contributed by atoms with Gasteiger partial charge in [-0.05, 0) is 60.5 Å². The molecule has 0 saturated heterocycles. The third kappa shape index (κ3) is 4.76. The lowest BCUT2D eigenvalue weighted by molar-refractivity contribution is 0.0985. The Hall–Kier alpha value is -4.18. The maximum absolute atomic E-state index is 13.1. The quantitative estimate of drug-likeness (QED) is 0.399. The fourth-order valence-corrected chi connectivity index (χ4v) is 3.59. The number of carbonyl (C=O) groups excluding carboxylic acids is 2. The molecule has 0 unspecified atom stereocenters. The third-order valence-electron chi connectivity index (χ3n) is 5.25. The van der Waals surface area contributed by atoms with Gasteiger partial charge in [-0.25, -0.2) is 0 Å². The molecule has 0 aliphatic rings. The fraction of sp³-hybridized carbons (Fsp3) is 0.0714. The van der Waals surface area contributed by atoms with E-state index in [9.17, 15) is 9.59 Å². The number of amides is 2. The average Bonchev–Trinajstić information content (AvgIpc) is 2.86. The first-order chi connectivity index (χ1) is 15.7. The van der Waals surface area contributed by atoms with E-state index in [4.69, 9.17) is 0 Å². The summed E-state index contributed by atoms with van der Waals surface area (Å²) in [4.78, 5) is 27.5. The van der Waals surface area contributed by atoms with Gasteiger partial charge >= 0.3 is 0 Å². The van der Waals surface area contributed by atoms with Crippen LogP contribution in [0.15, 0.2) is 109 Å². The molecule has 4 aromatic rings. The summed E-state index contributed by atoms with van der Waals surface area (Å²) in [6.45, 7) is 2.49.